The van der Waals surface area contributed by atoms with Gasteiger partial charge in [0.15, 0.2) is 5.75 Å². The first kappa shape index (κ1) is 19.4. The van der Waals surface area contributed by atoms with E-state index >= 15 is 0 Å². The van der Waals surface area contributed by atoms with E-state index < -0.39 is 0 Å². The maximum absolute atomic E-state index is 14.4. The molecule has 164 valence electrons. The Bertz CT molecular complexity index is 1220. The molecule has 9 heteroatoms. The summed E-state index contributed by atoms with van der Waals surface area (Å²) in [4.78, 5) is 20.0. The number of ether oxygens (including phenoxy) is 1. The number of hydrogen-bond donors (Lipinski definition) is 2. The van der Waals surface area contributed by atoms with Crippen molar-refractivity contribution < 1.29 is 9.13 Å². The molecule has 2 fully saturated rings. The van der Waals surface area contributed by atoms with Gasteiger partial charge in [-0.2, -0.15) is 9.97 Å². The Hall–Kier alpha value is -3.33. The first-order valence-corrected chi connectivity index (χ1v) is 10.8. The van der Waals surface area contributed by atoms with Crippen molar-refractivity contribution in [3.63, 3.8) is 0 Å². The maximum Gasteiger partial charge on any atom is 0.324 e. The van der Waals surface area contributed by atoms with E-state index in [0.717, 1.165) is 59.8 Å². The Labute approximate surface area is 185 Å². The van der Waals surface area contributed by atoms with Gasteiger partial charge in [0.1, 0.15) is 17.5 Å². The lowest BCUT2D eigenvalue weighted by molar-refractivity contribution is 0.0558. The van der Waals surface area contributed by atoms with Gasteiger partial charge >= 0.3 is 6.01 Å². The van der Waals surface area contributed by atoms with Crippen molar-refractivity contribution in [1.29, 1.82) is 0 Å². The molecule has 1 aromatic carbocycles. The third-order valence-corrected chi connectivity index (χ3v) is 7.06. The summed E-state index contributed by atoms with van der Waals surface area (Å²) < 4.78 is 20.3. The molecular formula is C23H24FN7O. The van der Waals surface area contributed by atoms with E-state index in [1.54, 1.807) is 25.5 Å². The fraction of sp³-hybridized carbons (Fsp3) is 0.391. The number of nitrogens with two attached hydrogens (primary N) is 1. The molecule has 3 N–H and O–H groups in total. The molecule has 3 aromatic rings. The monoisotopic (exact) mass is 433 g/mol. The Morgan fingerprint density at radius 1 is 1.22 bits per heavy atom. The predicted octanol–water partition coefficient (Wildman–Crippen LogP) is 3.05. The molecule has 0 unspecified atom stereocenters. The summed E-state index contributed by atoms with van der Waals surface area (Å²) in [5.41, 5.74) is 10.8. The largest absolute Gasteiger partial charge is 0.421 e. The molecule has 0 amide bonds. The highest BCUT2D eigenvalue weighted by molar-refractivity contribution is 5.88. The molecule has 1 saturated heterocycles. The van der Waals surface area contributed by atoms with Gasteiger partial charge in [0.25, 0.3) is 0 Å². The summed E-state index contributed by atoms with van der Waals surface area (Å²) in [5, 5.41) is 3.11. The van der Waals surface area contributed by atoms with Crippen molar-refractivity contribution in [2.75, 3.05) is 30.4 Å². The number of benzene rings is 1. The van der Waals surface area contributed by atoms with Crippen LogP contribution in [0, 0.1) is 18.2 Å². The van der Waals surface area contributed by atoms with Gasteiger partial charge in [-0.25, -0.2) is 14.4 Å². The van der Waals surface area contributed by atoms with Crippen LogP contribution in [-0.4, -0.2) is 46.1 Å². The molecule has 1 atom stereocenters. The first-order valence-electron chi connectivity index (χ1n) is 10.8. The molecule has 1 saturated carbocycles. The van der Waals surface area contributed by atoms with Gasteiger partial charge in [0.2, 0.25) is 0 Å². The Morgan fingerprint density at radius 2 is 2.00 bits per heavy atom. The van der Waals surface area contributed by atoms with Gasteiger partial charge < -0.3 is 20.7 Å². The van der Waals surface area contributed by atoms with Gasteiger partial charge in [-0.1, -0.05) is 0 Å². The van der Waals surface area contributed by atoms with Crippen LogP contribution in [0.1, 0.15) is 29.9 Å². The molecule has 0 bridgehead atoms. The molecule has 2 aromatic heterocycles. The predicted molar refractivity (Wildman–Crippen MR) is 118 cm³/mol. The Morgan fingerprint density at radius 3 is 2.66 bits per heavy atom. The summed E-state index contributed by atoms with van der Waals surface area (Å²) in [6, 6.07) is 3.57. The summed E-state index contributed by atoms with van der Waals surface area (Å²) in [6.07, 6.45) is 5.99. The number of halogens is 1. The van der Waals surface area contributed by atoms with E-state index in [4.69, 9.17) is 15.5 Å². The number of aromatic nitrogens is 4. The lowest BCUT2D eigenvalue weighted by Gasteiger charge is -2.60. The van der Waals surface area contributed by atoms with Gasteiger partial charge in [-0.15, -0.1) is 0 Å². The number of anilines is 2. The second-order valence-corrected chi connectivity index (χ2v) is 8.99. The molecule has 32 heavy (non-hydrogen) atoms. The van der Waals surface area contributed by atoms with Crippen LogP contribution in [0.3, 0.4) is 0 Å². The van der Waals surface area contributed by atoms with E-state index in [1.165, 1.54) is 6.07 Å². The number of hydrogen-bond acceptors (Lipinski definition) is 8. The van der Waals surface area contributed by atoms with Crippen molar-refractivity contribution in [2.45, 2.75) is 32.2 Å². The molecular weight excluding hydrogens is 409 g/mol. The average molecular weight is 433 g/mol. The third kappa shape index (κ3) is 2.84. The molecule has 2 aliphatic carbocycles. The van der Waals surface area contributed by atoms with E-state index in [2.05, 4.69) is 25.2 Å². The summed E-state index contributed by atoms with van der Waals surface area (Å²) >= 11 is 0. The highest BCUT2D eigenvalue weighted by Gasteiger charge is 2.54. The quantitative estimate of drug-likeness (QED) is 0.506. The zero-order chi connectivity index (χ0) is 22.0. The van der Waals surface area contributed by atoms with Crippen molar-refractivity contribution >= 4 is 11.5 Å². The van der Waals surface area contributed by atoms with Crippen molar-refractivity contribution in [1.82, 2.24) is 19.9 Å². The van der Waals surface area contributed by atoms with Crippen LogP contribution in [0.25, 0.3) is 11.1 Å². The zero-order valence-electron chi connectivity index (χ0n) is 18.0. The van der Waals surface area contributed by atoms with Crippen LogP contribution in [0.2, 0.25) is 0 Å². The van der Waals surface area contributed by atoms with Crippen LogP contribution in [-0.2, 0) is 6.42 Å². The second-order valence-electron chi connectivity index (χ2n) is 8.99. The van der Waals surface area contributed by atoms with Gasteiger partial charge in [-0.05, 0) is 43.0 Å². The van der Waals surface area contributed by atoms with Gasteiger partial charge in [0, 0.05) is 49.3 Å². The minimum absolute atomic E-state index is 0.170. The molecule has 8 nitrogen and oxygen atoms in total. The van der Waals surface area contributed by atoms with E-state index in [1.807, 2.05) is 6.92 Å². The lowest BCUT2D eigenvalue weighted by Crippen LogP contribution is -2.69. The molecule has 3 heterocycles. The fourth-order valence-corrected chi connectivity index (χ4v) is 5.11. The highest BCUT2D eigenvalue weighted by atomic mass is 19.1. The molecule has 6 rings (SSSR count). The van der Waals surface area contributed by atoms with Crippen LogP contribution < -0.4 is 20.7 Å². The minimum Gasteiger partial charge on any atom is -0.421 e. The van der Waals surface area contributed by atoms with Crippen LogP contribution >= 0.6 is 0 Å². The normalized spacial score (nSPS) is 19.8. The lowest BCUT2D eigenvalue weighted by atomic mass is 9.60. The fourth-order valence-electron chi connectivity index (χ4n) is 5.11. The van der Waals surface area contributed by atoms with Gasteiger partial charge in [-0.3, -0.25) is 0 Å². The minimum atomic E-state index is -0.287. The smallest absolute Gasteiger partial charge is 0.324 e. The number of nitrogens with zero attached hydrogens (tertiary/aromatic N) is 5. The number of aryl methyl sites for hydroxylation is 1. The highest BCUT2D eigenvalue weighted by Crippen LogP contribution is 2.52. The number of rotatable bonds is 4. The van der Waals surface area contributed by atoms with Crippen LogP contribution in [0.5, 0.6) is 11.8 Å². The topological polar surface area (TPSA) is 102 Å². The van der Waals surface area contributed by atoms with Crippen LogP contribution in [0.4, 0.5) is 15.9 Å². The molecule has 1 aliphatic heterocycles. The Kier molecular flexibility index (Phi) is 4.13. The number of fused-ring (bicyclic) bond motifs is 3. The summed E-state index contributed by atoms with van der Waals surface area (Å²) in [7, 11) is 1.80. The van der Waals surface area contributed by atoms with E-state index in [0.29, 0.717) is 18.0 Å². The maximum atomic E-state index is 14.4. The van der Waals surface area contributed by atoms with Crippen molar-refractivity contribution in [3.05, 3.63) is 47.4 Å². The van der Waals surface area contributed by atoms with E-state index in [9.17, 15) is 4.39 Å². The van der Waals surface area contributed by atoms with E-state index in [-0.39, 0.29) is 23.3 Å². The van der Waals surface area contributed by atoms with Gasteiger partial charge in [0.05, 0.1) is 18.1 Å². The average Bonchev–Trinajstić information content (AvgIpc) is 3.11. The van der Waals surface area contributed by atoms with Crippen LogP contribution in [0.15, 0.2) is 24.5 Å². The third-order valence-electron chi connectivity index (χ3n) is 7.06. The summed E-state index contributed by atoms with van der Waals surface area (Å²) in [6.45, 7) is 3.50. The second kappa shape index (κ2) is 6.83. The van der Waals surface area contributed by atoms with Crippen molar-refractivity contribution in [2.24, 2.45) is 11.1 Å². The SMILES string of the molecule is CNc1cc(F)cc2c1Cc1nc(Oc3cnc(C)nc3)nc(N3CC4(CC[C@H]4N)C3)c1-2. The number of nitrogens with one attached hydrogen (secondary N) is 1. The summed E-state index contributed by atoms with van der Waals surface area (Å²) in [5.74, 6) is 1.62. The van der Waals surface area contributed by atoms with Crippen molar-refractivity contribution in [3.8, 4) is 22.9 Å². The molecule has 3 aliphatic rings. The molecule has 0 radical (unpaired) electrons. The molecule has 1 spiro atoms. The first-order chi connectivity index (χ1) is 15.5. The Balaban J connectivity index is 1.43. The standard InChI is InChI=1S/C23H24FN7O/c1-12-27-8-14(9-28-12)32-22-29-18-7-15-16(5-13(24)6-17(15)26-2)20(18)21(30-22)31-10-23(11-31)4-3-19(23)25/h5-6,8-9,19,26H,3-4,7,10-11,25H2,1-2H3/t19-/m1/s1. The zero-order valence-corrected chi connectivity index (χ0v) is 18.0.